The van der Waals surface area contributed by atoms with Crippen LogP contribution < -0.4 is 0 Å². The number of carboxylic acid groups (broad SMARTS) is 1. The van der Waals surface area contributed by atoms with E-state index < -0.39 is 37.9 Å². The minimum absolute atomic E-state index is 0.154. The average molecular weight is 300 g/mol. The largest absolute Gasteiger partial charge is 0.480 e. The molecule has 9 nitrogen and oxygen atoms in total. The number of β-lactam (4-membered cyclic amide) rings is 1. The van der Waals surface area contributed by atoms with Gasteiger partial charge >= 0.3 is 5.97 Å². The highest BCUT2D eigenvalue weighted by Crippen LogP contribution is 2.46. The summed E-state index contributed by atoms with van der Waals surface area (Å²) in [7, 11) is -3.80. The van der Waals surface area contributed by atoms with Crippen molar-refractivity contribution in [2.45, 2.75) is 36.1 Å². The molecule has 1 N–H and O–H groups in total. The van der Waals surface area contributed by atoms with Gasteiger partial charge in [-0.1, -0.05) is 5.21 Å². The van der Waals surface area contributed by atoms with Gasteiger partial charge < -0.3 is 10.0 Å². The summed E-state index contributed by atoms with van der Waals surface area (Å²) in [6.45, 7) is 1.18. The summed E-state index contributed by atoms with van der Waals surface area (Å²) >= 11 is 0. The summed E-state index contributed by atoms with van der Waals surface area (Å²) in [5, 5.41) is 15.6. The van der Waals surface area contributed by atoms with Crippen LogP contribution in [0.1, 0.15) is 13.3 Å². The lowest BCUT2D eigenvalue weighted by molar-refractivity contribution is -0.157. The molecule has 0 saturated carbocycles. The molecular formula is C10H12N4O5S. The van der Waals surface area contributed by atoms with Crippen LogP contribution in [0.5, 0.6) is 0 Å². The molecule has 108 valence electrons. The Balaban J connectivity index is 2.10. The first kappa shape index (κ1) is 13.0. The Morgan fingerprint density at radius 2 is 2.30 bits per heavy atom. The number of fused-ring (bicyclic) bond motifs is 1. The third-order valence-electron chi connectivity index (χ3n) is 3.99. The standard InChI is InChI=1S/C10H12N4O5S/c1-10(5-13-3-2-11-12-13)8(9(16)17)14-6(15)4-7(14)20(10,18)19/h2-3,7-8H,4-5H2,1H3,(H,16,17)/t7-,8?,10+/m1/s1. The van der Waals surface area contributed by atoms with Crippen molar-refractivity contribution < 1.29 is 23.1 Å². The summed E-state index contributed by atoms with van der Waals surface area (Å²) in [5.41, 5.74) is 0. The molecule has 0 aromatic carbocycles. The van der Waals surface area contributed by atoms with Gasteiger partial charge in [-0.15, -0.1) is 5.10 Å². The molecule has 0 aliphatic carbocycles. The van der Waals surface area contributed by atoms with Crippen molar-refractivity contribution in [1.82, 2.24) is 19.9 Å². The molecule has 3 rings (SSSR count). The minimum Gasteiger partial charge on any atom is -0.480 e. The number of carbonyl (C=O) groups is 2. The van der Waals surface area contributed by atoms with Crippen LogP contribution in [0.4, 0.5) is 0 Å². The van der Waals surface area contributed by atoms with Crippen molar-refractivity contribution in [3.8, 4) is 0 Å². The fourth-order valence-corrected chi connectivity index (χ4v) is 5.29. The SMILES string of the molecule is C[C@]1(Cn2ccnn2)C(C(=O)O)N2C(=O)C[C@H]2S1(=O)=O. The van der Waals surface area contributed by atoms with Gasteiger partial charge in [0.05, 0.1) is 19.2 Å². The van der Waals surface area contributed by atoms with E-state index >= 15 is 0 Å². The van der Waals surface area contributed by atoms with Crippen molar-refractivity contribution in [3.63, 3.8) is 0 Å². The molecule has 1 aromatic heterocycles. The Morgan fingerprint density at radius 3 is 2.80 bits per heavy atom. The van der Waals surface area contributed by atoms with Crippen LogP contribution in [0.3, 0.4) is 0 Å². The Morgan fingerprint density at radius 1 is 1.60 bits per heavy atom. The number of hydrogen-bond donors (Lipinski definition) is 1. The molecule has 1 amide bonds. The number of nitrogens with zero attached hydrogens (tertiary/aromatic N) is 4. The molecule has 2 saturated heterocycles. The van der Waals surface area contributed by atoms with Gasteiger partial charge in [0.2, 0.25) is 5.91 Å². The fraction of sp³-hybridized carbons (Fsp3) is 0.600. The van der Waals surface area contributed by atoms with Gasteiger partial charge in [0.15, 0.2) is 15.9 Å². The maximum absolute atomic E-state index is 12.5. The van der Waals surface area contributed by atoms with Crippen LogP contribution >= 0.6 is 0 Å². The van der Waals surface area contributed by atoms with Gasteiger partial charge in [0, 0.05) is 6.20 Å². The number of sulfone groups is 1. The number of hydrogen-bond acceptors (Lipinski definition) is 6. The summed E-state index contributed by atoms with van der Waals surface area (Å²) < 4.78 is 24.7. The van der Waals surface area contributed by atoms with Gasteiger partial charge in [-0.3, -0.25) is 9.48 Å². The van der Waals surface area contributed by atoms with Crippen LogP contribution in [0, 0.1) is 0 Å². The Hall–Kier alpha value is -1.97. The maximum atomic E-state index is 12.5. The smallest absolute Gasteiger partial charge is 0.328 e. The van der Waals surface area contributed by atoms with Crippen molar-refractivity contribution in [2.75, 3.05) is 0 Å². The molecule has 3 atom stereocenters. The average Bonchev–Trinajstić information content (AvgIpc) is 2.87. The van der Waals surface area contributed by atoms with Crippen LogP contribution in [0.25, 0.3) is 0 Å². The van der Waals surface area contributed by atoms with E-state index in [0.717, 1.165) is 4.90 Å². The molecule has 0 radical (unpaired) electrons. The normalized spacial score (nSPS) is 34.6. The number of amides is 1. The topological polar surface area (TPSA) is 122 Å². The number of aliphatic carboxylic acids is 1. The summed E-state index contributed by atoms with van der Waals surface area (Å²) in [6.07, 6.45) is 2.68. The third-order valence-corrected chi connectivity index (χ3v) is 6.76. The first-order valence-electron chi connectivity index (χ1n) is 5.90. The van der Waals surface area contributed by atoms with E-state index in [9.17, 15) is 23.1 Å². The summed E-state index contributed by atoms with van der Waals surface area (Å²) in [5.74, 6) is -1.78. The predicted octanol–water partition coefficient (Wildman–Crippen LogP) is -1.52. The number of carbonyl (C=O) groups excluding carboxylic acids is 1. The van der Waals surface area contributed by atoms with E-state index in [1.165, 1.54) is 24.0 Å². The highest BCUT2D eigenvalue weighted by atomic mass is 32.2. The molecule has 3 heterocycles. The second kappa shape index (κ2) is 3.78. The van der Waals surface area contributed by atoms with E-state index in [-0.39, 0.29) is 13.0 Å². The van der Waals surface area contributed by atoms with Gasteiger partial charge in [-0.2, -0.15) is 0 Å². The van der Waals surface area contributed by atoms with E-state index in [1.54, 1.807) is 0 Å². The molecule has 1 unspecified atom stereocenters. The van der Waals surface area contributed by atoms with Crippen LogP contribution in [-0.2, 0) is 26.0 Å². The Bertz CT molecular complexity index is 685. The number of aromatic nitrogens is 3. The lowest BCUT2D eigenvalue weighted by Crippen LogP contribution is -2.58. The Kier molecular flexibility index (Phi) is 2.46. The summed E-state index contributed by atoms with van der Waals surface area (Å²) in [6, 6.07) is -1.40. The zero-order valence-electron chi connectivity index (χ0n) is 10.5. The zero-order chi connectivity index (χ0) is 14.7. The zero-order valence-corrected chi connectivity index (χ0v) is 11.3. The van der Waals surface area contributed by atoms with Gasteiger partial charge in [-0.05, 0) is 6.92 Å². The molecule has 2 fully saturated rings. The molecule has 0 bridgehead atoms. The second-order valence-electron chi connectivity index (χ2n) is 5.16. The molecule has 20 heavy (non-hydrogen) atoms. The molecule has 10 heteroatoms. The third kappa shape index (κ3) is 1.39. The predicted molar refractivity (Wildman–Crippen MR) is 64.0 cm³/mol. The fourth-order valence-electron chi connectivity index (χ4n) is 2.93. The Labute approximate surface area is 114 Å². The monoisotopic (exact) mass is 300 g/mol. The highest BCUT2D eigenvalue weighted by Gasteiger charge is 2.70. The molecule has 2 aliphatic heterocycles. The van der Waals surface area contributed by atoms with E-state index in [2.05, 4.69) is 10.3 Å². The minimum atomic E-state index is -3.80. The van der Waals surface area contributed by atoms with Gasteiger partial charge in [-0.25, -0.2) is 13.2 Å². The van der Waals surface area contributed by atoms with Crippen LogP contribution in [0.2, 0.25) is 0 Å². The summed E-state index contributed by atoms with van der Waals surface area (Å²) in [4.78, 5) is 24.0. The molecule has 2 aliphatic rings. The molecular weight excluding hydrogens is 288 g/mol. The van der Waals surface area contributed by atoms with Crippen molar-refractivity contribution in [3.05, 3.63) is 12.4 Å². The maximum Gasteiger partial charge on any atom is 0.328 e. The molecule has 0 spiro atoms. The number of rotatable bonds is 3. The first-order chi connectivity index (χ1) is 9.29. The number of carboxylic acids is 1. The van der Waals surface area contributed by atoms with Crippen LogP contribution in [0.15, 0.2) is 12.4 Å². The van der Waals surface area contributed by atoms with Gasteiger partial charge in [0.1, 0.15) is 10.1 Å². The van der Waals surface area contributed by atoms with Gasteiger partial charge in [0.25, 0.3) is 0 Å². The quantitative estimate of drug-likeness (QED) is 0.672. The van der Waals surface area contributed by atoms with E-state index in [1.807, 2.05) is 0 Å². The highest BCUT2D eigenvalue weighted by molar-refractivity contribution is 7.93. The van der Waals surface area contributed by atoms with E-state index in [4.69, 9.17) is 0 Å². The lowest BCUT2D eigenvalue weighted by Gasteiger charge is -2.35. The van der Waals surface area contributed by atoms with Crippen molar-refractivity contribution in [2.24, 2.45) is 0 Å². The first-order valence-corrected chi connectivity index (χ1v) is 7.45. The van der Waals surface area contributed by atoms with Crippen LogP contribution in [-0.4, -0.2) is 61.5 Å². The lowest BCUT2D eigenvalue weighted by atomic mass is 9.96. The van der Waals surface area contributed by atoms with Crippen molar-refractivity contribution in [1.29, 1.82) is 0 Å². The second-order valence-corrected chi connectivity index (χ2v) is 7.73. The van der Waals surface area contributed by atoms with E-state index in [0.29, 0.717) is 0 Å². The molecule has 1 aromatic rings. The van der Waals surface area contributed by atoms with Crippen molar-refractivity contribution >= 4 is 21.7 Å².